The Balaban J connectivity index is 1.50. The predicted octanol–water partition coefficient (Wildman–Crippen LogP) is 3.62. The lowest BCUT2D eigenvalue weighted by molar-refractivity contribution is -0.0586. The summed E-state index contributed by atoms with van der Waals surface area (Å²) in [7, 11) is 0. The number of guanidine groups is 1. The number of nitrogens with zero attached hydrogens (tertiary/aromatic N) is 2. The quantitative estimate of drug-likeness (QED) is 0.377. The van der Waals surface area contributed by atoms with Crippen LogP contribution in [-0.4, -0.2) is 55.2 Å². The summed E-state index contributed by atoms with van der Waals surface area (Å²) >= 11 is 0. The average Bonchev–Trinajstić information content (AvgIpc) is 2.80. The fourth-order valence-corrected chi connectivity index (χ4v) is 3.94. The Morgan fingerprint density at radius 1 is 1.00 bits per heavy atom. The lowest BCUT2D eigenvalue weighted by Gasteiger charge is -2.35. The number of amides is 1. The van der Waals surface area contributed by atoms with Crippen LogP contribution in [0.4, 0.5) is 0 Å². The van der Waals surface area contributed by atoms with Crippen molar-refractivity contribution in [2.24, 2.45) is 4.99 Å². The highest BCUT2D eigenvalue weighted by molar-refractivity contribution is 5.94. The van der Waals surface area contributed by atoms with E-state index in [1.807, 2.05) is 49.1 Å². The summed E-state index contributed by atoms with van der Waals surface area (Å²) < 4.78 is 5.73. The van der Waals surface area contributed by atoms with E-state index in [9.17, 15) is 4.79 Å². The van der Waals surface area contributed by atoms with Gasteiger partial charge in [0.2, 0.25) is 0 Å². The first-order chi connectivity index (χ1) is 15.5. The van der Waals surface area contributed by atoms with Crippen molar-refractivity contribution in [2.45, 2.75) is 52.4 Å². The summed E-state index contributed by atoms with van der Waals surface area (Å²) in [5.74, 6) is 0.882. The van der Waals surface area contributed by atoms with E-state index in [2.05, 4.69) is 41.8 Å². The summed E-state index contributed by atoms with van der Waals surface area (Å²) in [4.78, 5) is 19.4. The SMILES string of the molecule is CCNC(=NCc1ccc(C(=O)N2CC(C)OC(C)C2)cc1)NCCCc1ccccc1. The van der Waals surface area contributed by atoms with Crippen LogP contribution in [0.15, 0.2) is 59.6 Å². The van der Waals surface area contributed by atoms with Gasteiger partial charge >= 0.3 is 0 Å². The number of benzene rings is 2. The normalized spacial score (nSPS) is 19.0. The molecule has 1 saturated heterocycles. The Kier molecular flexibility index (Phi) is 9.11. The molecular formula is C26H36N4O2. The Labute approximate surface area is 192 Å². The molecule has 0 saturated carbocycles. The van der Waals surface area contributed by atoms with Crippen LogP contribution in [0.25, 0.3) is 0 Å². The number of aliphatic imine (C=N–C) groups is 1. The van der Waals surface area contributed by atoms with Crippen LogP contribution >= 0.6 is 0 Å². The van der Waals surface area contributed by atoms with Gasteiger partial charge in [-0.3, -0.25) is 4.79 Å². The van der Waals surface area contributed by atoms with Crippen LogP contribution in [0.3, 0.4) is 0 Å². The minimum atomic E-state index is 0.0653. The number of morpholine rings is 1. The molecule has 0 spiro atoms. The van der Waals surface area contributed by atoms with Crippen molar-refractivity contribution in [1.29, 1.82) is 0 Å². The molecule has 1 heterocycles. The molecular weight excluding hydrogens is 400 g/mol. The minimum Gasteiger partial charge on any atom is -0.372 e. The molecule has 2 atom stereocenters. The Bertz CT molecular complexity index is 857. The molecule has 32 heavy (non-hydrogen) atoms. The topological polar surface area (TPSA) is 66.0 Å². The second-order valence-corrected chi connectivity index (χ2v) is 8.38. The fourth-order valence-electron chi connectivity index (χ4n) is 3.94. The van der Waals surface area contributed by atoms with Crippen molar-refractivity contribution in [2.75, 3.05) is 26.2 Å². The van der Waals surface area contributed by atoms with E-state index >= 15 is 0 Å². The first-order valence-electron chi connectivity index (χ1n) is 11.6. The van der Waals surface area contributed by atoms with Gasteiger partial charge in [0.25, 0.3) is 5.91 Å². The van der Waals surface area contributed by atoms with Crippen LogP contribution in [0.2, 0.25) is 0 Å². The highest BCUT2D eigenvalue weighted by atomic mass is 16.5. The minimum absolute atomic E-state index is 0.0653. The molecule has 6 nitrogen and oxygen atoms in total. The van der Waals surface area contributed by atoms with Gasteiger partial charge in [0.05, 0.1) is 18.8 Å². The van der Waals surface area contributed by atoms with Crippen LogP contribution in [0, 0.1) is 0 Å². The van der Waals surface area contributed by atoms with E-state index in [0.29, 0.717) is 25.2 Å². The van der Waals surface area contributed by atoms with Gasteiger partial charge in [-0.1, -0.05) is 42.5 Å². The number of nitrogens with one attached hydrogen (secondary N) is 2. The average molecular weight is 437 g/mol. The van der Waals surface area contributed by atoms with E-state index < -0.39 is 0 Å². The Morgan fingerprint density at radius 3 is 2.34 bits per heavy atom. The monoisotopic (exact) mass is 436 g/mol. The molecule has 1 fully saturated rings. The third-order valence-corrected chi connectivity index (χ3v) is 5.45. The summed E-state index contributed by atoms with van der Waals surface area (Å²) in [6, 6.07) is 18.3. The van der Waals surface area contributed by atoms with Crippen molar-refractivity contribution in [1.82, 2.24) is 15.5 Å². The largest absolute Gasteiger partial charge is 0.372 e. The van der Waals surface area contributed by atoms with Gasteiger partial charge in [0.1, 0.15) is 0 Å². The summed E-state index contributed by atoms with van der Waals surface area (Å²) in [5.41, 5.74) is 3.14. The lowest BCUT2D eigenvalue weighted by atomic mass is 10.1. The smallest absolute Gasteiger partial charge is 0.254 e. The highest BCUT2D eigenvalue weighted by Gasteiger charge is 2.26. The zero-order chi connectivity index (χ0) is 22.8. The second kappa shape index (κ2) is 12.2. The summed E-state index contributed by atoms with van der Waals surface area (Å²) in [6.45, 7) is 9.60. The maximum Gasteiger partial charge on any atom is 0.254 e. The molecule has 0 aliphatic carbocycles. The van der Waals surface area contributed by atoms with Gasteiger partial charge in [0.15, 0.2) is 5.96 Å². The molecule has 172 valence electrons. The zero-order valence-corrected chi connectivity index (χ0v) is 19.5. The predicted molar refractivity (Wildman–Crippen MR) is 130 cm³/mol. The lowest BCUT2D eigenvalue weighted by Crippen LogP contribution is -2.48. The van der Waals surface area contributed by atoms with Crippen molar-refractivity contribution >= 4 is 11.9 Å². The number of ether oxygens (including phenoxy) is 1. The van der Waals surface area contributed by atoms with E-state index in [1.54, 1.807) is 0 Å². The molecule has 0 aromatic heterocycles. The highest BCUT2D eigenvalue weighted by Crippen LogP contribution is 2.15. The molecule has 0 radical (unpaired) electrons. The molecule has 6 heteroatoms. The van der Waals surface area contributed by atoms with Gasteiger partial charge in [-0.15, -0.1) is 0 Å². The van der Waals surface area contributed by atoms with Crippen LogP contribution in [-0.2, 0) is 17.7 Å². The first kappa shape index (κ1) is 23.8. The molecule has 2 N–H and O–H groups in total. The van der Waals surface area contributed by atoms with E-state index in [-0.39, 0.29) is 18.1 Å². The van der Waals surface area contributed by atoms with E-state index in [1.165, 1.54) is 5.56 Å². The van der Waals surface area contributed by atoms with Gasteiger partial charge in [-0.05, 0) is 56.9 Å². The third-order valence-electron chi connectivity index (χ3n) is 5.45. The molecule has 2 unspecified atom stereocenters. The number of aryl methyl sites for hydroxylation is 1. The van der Waals surface area contributed by atoms with Gasteiger partial charge in [0, 0.05) is 31.7 Å². The van der Waals surface area contributed by atoms with Gasteiger partial charge < -0.3 is 20.3 Å². The molecule has 1 aliphatic heterocycles. The fraction of sp³-hybridized carbons (Fsp3) is 0.462. The zero-order valence-electron chi connectivity index (χ0n) is 19.5. The van der Waals surface area contributed by atoms with E-state index in [4.69, 9.17) is 9.73 Å². The summed E-state index contributed by atoms with van der Waals surface area (Å²) in [5, 5.41) is 6.71. The maximum atomic E-state index is 12.8. The number of carbonyl (C=O) groups excluding carboxylic acids is 1. The molecule has 0 bridgehead atoms. The Morgan fingerprint density at radius 2 is 1.69 bits per heavy atom. The molecule has 3 rings (SSSR count). The number of hydrogen-bond donors (Lipinski definition) is 2. The molecule has 1 aliphatic rings. The van der Waals surface area contributed by atoms with Crippen LogP contribution < -0.4 is 10.6 Å². The van der Waals surface area contributed by atoms with E-state index in [0.717, 1.165) is 37.5 Å². The molecule has 2 aromatic carbocycles. The third kappa shape index (κ3) is 7.38. The maximum absolute atomic E-state index is 12.8. The summed E-state index contributed by atoms with van der Waals surface area (Å²) in [6.07, 6.45) is 2.23. The molecule has 1 amide bonds. The van der Waals surface area contributed by atoms with Crippen LogP contribution in [0.1, 0.15) is 48.7 Å². The van der Waals surface area contributed by atoms with Crippen LogP contribution in [0.5, 0.6) is 0 Å². The number of carbonyl (C=O) groups is 1. The molecule has 2 aromatic rings. The standard InChI is InChI=1S/C26H36N4O2/c1-4-27-26(28-16-8-11-22-9-6-5-7-10-22)29-17-23-12-14-24(15-13-23)25(31)30-18-20(2)32-21(3)19-30/h5-7,9-10,12-15,20-21H,4,8,11,16-19H2,1-3H3,(H2,27,28,29). The number of hydrogen-bond acceptors (Lipinski definition) is 3. The van der Waals surface area contributed by atoms with Crippen molar-refractivity contribution < 1.29 is 9.53 Å². The first-order valence-corrected chi connectivity index (χ1v) is 11.6. The van der Waals surface area contributed by atoms with Crippen molar-refractivity contribution in [3.63, 3.8) is 0 Å². The van der Waals surface area contributed by atoms with Gasteiger partial charge in [-0.25, -0.2) is 4.99 Å². The second-order valence-electron chi connectivity index (χ2n) is 8.38. The van der Waals surface area contributed by atoms with Crippen molar-refractivity contribution in [3.05, 3.63) is 71.3 Å². The number of rotatable bonds is 8. The van der Waals surface area contributed by atoms with Crippen molar-refractivity contribution in [3.8, 4) is 0 Å². The van der Waals surface area contributed by atoms with Gasteiger partial charge in [-0.2, -0.15) is 0 Å². The Hall–Kier alpha value is -2.86.